The van der Waals surface area contributed by atoms with Crippen LogP contribution in [0.15, 0.2) is 12.1 Å². The molecule has 2 N–H and O–H groups in total. The topological polar surface area (TPSA) is 49.7 Å². The Morgan fingerprint density at radius 2 is 1.80 bits per heavy atom. The zero-order valence-electron chi connectivity index (χ0n) is 8.20. The molecule has 0 saturated carbocycles. The summed E-state index contributed by atoms with van der Waals surface area (Å²) in [5, 5.41) is 17.4. The van der Waals surface area contributed by atoms with Crippen molar-refractivity contribution in [2.45, 2.75) is 13.3 Å². The second-order valence-corrected chi connectivity index (χ2v) is 3.02. The van der Waals surface area contributed by atoms with Gasteiger partial charge in [-0.15, -0.1) is 0 Å². The molecule has 0 aromatic heterocycles. The van der Waals surface area contributed by atoms with Gasteiger partial charge in [-0.05, 0) is 6.42 Å². The highest BCUT2D eigenvalue weighted by Crippen LogP contribution is 2.14. The van der Waals surface area contributed by atoms with Gasteiger partial charge >= 0.3 is 7.12 Å². The van der Waals surface area contributed by atoms with Crippen LogP contribution >= 0.6 is 0 Å². The van der Waals surface area contributed by atoms with Crippen LogP contribution in [0.4, 0.5) is 8.78 Å². The molecule has 0 fully saturated rings. The van der Waals surface area contributed by atoms with Crippen LogP contribution in [0.25, 0.3) is 0 Å². The van der Waals surface area contributed by atoms with Crippen LogP contribution in [0.2, 0.25) is 0 Å². The van der Waals surface area contributed by atoms with Gasteiger partial charge in [0.05, 0.1) is 12.1 Å². The van der Waals surface area contributed by atoms with Crippen LogP contribution in [0.1, 0.15) is 13.3 Å². The Morgan fingerprint density at radius 3 is 2.20 bits per heavy atom. The Hall–Kier alpha value is -1.14. The summed E-state index contributed by atoms with van der Waals surface area (Å²) < 4.78 is 31.3. The van der Waals surface area contributed by atoms with Gasteiger partial charge in [0.1, 0.15) is 17.4 Å². The van der Waals surface area contributed by atoms with Crippen LogP contribution in [0, 0.1) is 11.6 Å². The zero-order chi connectivity index (χ0) is 11.4. The Kier molecular flexibility index (Phi) is 4.05. The first kappa shape index (κ1) is 11.9. The normalized spacial score (nSPS) is 10.2. The van der Waals surface area contributed by atoms with Crippen LogP contribution in [-0.4, -0.2) is 23.8 Å². The summed E-state index contributed by atoms with van der Waals surface area (Å²) in [6.45, 7) is 2.21. The first-order chi connectivity index (χ1) is 7.06. The van der Waals surface area contributed by atoms with E-state index in [4.69, 9.17) is 14.8 Å². The van der Waals surface area contributed by atoms with E-state index < -0.39 is 24.2 Å². The van der Waals surface area contributed by atoms with Gasteiger partial charge in [0, 0.05) is 12.1 Å². The first-order valence-electron chi connectivity index (χ1n) is 4.54. The third kappa shape index (κ3) is 2.90. The van der Waals surface area contributed by atoms with E-state index in [9.17, 15) is 8.78 Å². The number of halogens is 2. The highest BCUT2D eigenvalue weighted by atomic mass is 19.1. The third-order valence-corrected chi connectivity index (χ3v) is 1.78. The lowest BCUT2D eigenvalue weighted by Crippen LogP contribution is -2.35. The molecule has 0 unspecified atom stereocenters. The van der Waals surface area contributed by atoms with E-state index in [1.54, 1.807) is 0 Å². The molecule has 0 saturated heterocycles. The average Bonchev–Trinajstić information content (AvgIpc) is 2.12. The summed E-state index contributed by atoms with van der Waals surface area (Å²) >= 11 is 0. The summed E-state index contributed by atoms with van der Waals surface area (Å²) in [7, 11) is -2.16. The lowest BCUT2D eigenvalue weighted by molar-refractivity contribution is 0.314. The Balaban J connectivity index is 2.97. The fraction of sp³-hybridized carbons (Fsp3) is 0.333. The molecule has 0 atom stereocenters. The lowest BCUT2D eigenvalue weighted by Gasteiger charge is -2.08. The molecule has 3 nitrogen and oxygen atoms in total. The minimum absolute atomic E-state index is 0.0382. The van der Waals surface area contributed by atoms with Gasteiger partial charge in [0.15, 0.2) is 0 Å². The molecule has 0 radical (unpaired) electrons. The van der Waals surface area contributed by atoms with Crippen LogP contribution in [0.5, 0.6) is 5.75 Å². The maximum absolute atomic E-state index is 13.1. The summed E-state index contributed by atoms with van der Waals surface area (Å²) in [4.78, 5) is 0. The van der Waals surface area contributed by atoms with Crippen molar-refractivity contribution in [2.24, 2.45) is 0 Å². The third-order valence-electron chi connectivity index (χ3n) is 1.78. The molecule has 1 aromatic rings. The number of rotatable bonds is 4. The molecule has 0 heterocycles. The second-order valence-electron chi connectivity index (χ2n) is 3.02. The molecule has 0 aliphatic rings. The SMILES string of the molecule is CCCOc1cc(F)c(B(O)O)c(F)c1. The molecule has 0 spiro atoms. The number of ether oxygens (including phenoxy) is 1. The average molecular weight is 216 g/mol. The van der Waals surface area contributed by atoms with E-state index in [-0.39, 0.29) is 5.75 Å². The highest BCUT2D eigenvalue weighted by Gasteiger charge is 2.22. The molecule has 0 aliphatic heterocycles. The summed E-state index contributed by atoms with van der Waals surface area (Å²) in [5.74, 6) is -2.02. The molecular weight excluding hydrogens is 205 g/mol. The minimum atomic E-state index is -2.16. The zero-order valence-corrected chi connectivity index (χ0v) is 8.20. The van der Waals surface area contributed by atoms with Crippen molar-refractivity contribution in [3.63, 3.8) is 0 Å². The predicted octanol–water partition coefficient (Wildman–Crippen LogP) is 0.433. The maximum atomic E-state index is 13.1. The van der Waals surface area contributed by atoms with E-state index >= 15 is 0 Å². The van der Waals surface area contributed by atoms with E-state index in [0.29, 0.717) is 13.0 Å². The summed E-state index contributed by atoms with van der Waals surface area (Å²) in [6, 6.07) is 1.85. The minimum Gasteiger partial charge on any atom is -0.493 e. The molecule has 1 rings (SSSR count). The molecule has 1 aromatic carbocycles. The Bertz CT molecular complexity index is 321. The monoisotopic (exact) mass is 216 g/mol. The van der Waals surface area contributed by atoms with Crippen LogP contribution in [-0.2, 0) is 0 Å². The molecule has 15 heavy (non-hydrogen) atoms. The van der Waals surface area contributed by atoms with E-state index in [1.165, 1.54) is 0 Å². The Morgan fingerprint density at radius 1 is 1.27 bits per heavy atom. The lowest BCUT2D eigenvalue weighted by atomic mass is 9.79. The number of hydrogen-bond donors (Lipinski definition) is 2. The van der Waals surface area contributed by atoms with Gasteiger partial charge in [0.2, 0.25) is 0 Å². The predicted molar refractivity (Wildman–Crippen MR) is 52.0 cm³/mol. The smallest absolute Gasteiger partial charge is 0.493 e. The van der Waals surface area contributed by atoms with Crippen LogP contribution in [0.3, 0.4) is 0 Å². The van der Waals surface area contributed by atoms with Gasteiger partial charge < -0.3 is 14.8 Å². The van der Waals surface area contributed by atoms with E-state index in [0.717, 1.165) is 12.1 Å². The van der Waals surface area contributed by atoms with E-state index in [2.05, 4.69) is 0 Å². The van der Waals surface area contributed by atoms with Crippen molar-refractivity contribution in [1.29, 1.82) is 0 Å². The number of benzene rings is 1. The van der Waals surface area contributed by atoms with E-state index in [1.807, 2.05) is 6.92 Å². The maximum Gasteiger partial charge on any atom is 0.494 e. The summed E-state index contributed by atoms with van der Waals surface area (Å²) in [6.07, 6.45) is 0.716. The molecule has 0 aliphatic carbocycles. The number of hydrogen-bond acceptors (Lipinski definition) is 3. The second kappa shape index (κ2) is 5.09. The van der Waals surface area contributed by atoms with Gasteiger partial charge in [0.25, 0.3) is 0 Å². The molecule has 6 heteroatoms. The van der Waals surface area contributed by atoms with Gasteiger partial charge in [-0.1, -0.05) is 6.92 Å². The van der Waals surface area contributed by atoms with Crippen molar-refractivity contribution in [3.05, 3.63) is 23.8 Å². The van der Waals surface area contributed by atoms with Gasteiger partial charge in [-0.3, -0.25) is 0 Å². The largest absolute Gasteiger partial charge is 0.494 e. The highest BCUT2D eigenvalue weighted by molar-refractivity contribution is 6.58. The van der Waals surface area contributed by atoms with Crippen molar-refractivity contribution >= 4 is 12.6 Å². The quantitative estimate of drug-likeness (QED) is 0.717. The van der Waals surface area contributed by atoms with Crippen molar-refractivity contribution in [1.82, 2.24) is 0 Å². The van der Waals surface area contributed by atoms with Crippen molar-refractivity contribution in [2.75, 3.05) is 6.61 Å². The Labute approximate surface area is 86.5 Å². The van der Waals surface area contributed by atoms with Gasteiger partial charge in [-0.2, -0.15) is 0 Å². The van der Waals surface area contributed by atoms with Gasteiger partial charge in [-0.25, -0.2) is 8.78 Å². The molecule has 0 bridgehead atoms. The van der Waals surface area contributed by atoms with Crippen molar-refractivity contribution < 1.29 is 23.6 Å². The van der Waals surface area contributed by atoms with Crippen LogP contribution < -0.4 is 10.2 Å². The fourth-order valence-corrected chi connectivity index (χ4v) is 1.11. The first-order valence-corrected chi connectivity index (χ1v) is 4.54. The summed E-state index contributed by atoms with van der Waals surface area (Å²) in [5.41, 5.74) is -0.765. The molecule has 0 amide bonds. The van der Waals surface area contributed by atoms with Crippen molar-refractivity contribution in [3.8, 4) is 5.75 Å². The fourth-order valence-electron chi connectivity index (χ4n) is 1.11. The molecule has 82 valence electrons. The standard InChI is InChI=1S/C9H11BF2O3/c1-2-3-15-6-4-7(11)9(10(13)14)8(12)5-6/h4-5,13-14H,2-3H2,1H3. The molecular formula is C9H11BF2O3.